The van der Waals surface area contributed by atoms with Crippen molar-refractivity contribution in [1.82, 2.24) is 5.27 Å². The Morgan fingerprint density at radius 3 is 2.58 bits per heavy atom. The molecule has 1 aromatic heterocycles. The average molecular weight is 331 g/mol. The van der Waals surface area contributed by atoms with Crippen LogP contribution in [0.3, 0.4) is 0 Å². The third kappa shape index (κ3) is 3.65. The van der Waals surface area contributed by atoms with E-state index in [0.29, 0.717) is 5.56 Å². The molecular weight excluding hydrogens is 314 g/mol. The molecule has 1 aromatic carbocycles. The second-order valence-corrected chi connectivity index (χ2v) is 5.10. The smallest absolute Gasteiger partial charge is 0.386 e. The molecule has 126 valence electrons. The lowest BCUT2D eigenvalue weighted by Crippen LogP contribution is -2.44. The number of hydrogen-bond donors (Lipinski definition) is 0. The van der Waals surface area contributed by atoms with Gasteiger partial charge >= 0.3 is 23.3 Å². The van der Waals surface area contributed by atoms with Gasteiger partial charge in [0.1, 0.15) is 0 Å². The zero-order valence-electron chi connectivity index (χ0n) is 13.6. The Balaban J connectivity index is 2.48. The number of carbonyl (C=O) groups is 2. The summed E-state index contributed by atoms with van der Waals surface area (Å²) in [5, 5.41) is 15.9. The normalized spacial score (nSPS) is 11.6. The fourth-order valence-electron chi connectivity index (χ4n) is 1.92. The molecular formula is C16H17N3O5. The van der Waals surface area contributed by atoms with E-state index in [1.165, 1.54) is 4.68 Å². The first-order chi connectivity index (χ1) is 11.5. The van der Waals surface area contributed by atoms with Gasteiger partial charge in [-0.15, -0.1) is 0 Å². The van der Waals surface area contributed by atoms with E-state index in [2.05, 4.69) is 10.3 Å². The van der Waals surface area contributed by atoms with E-state index in [1.54, 1.807) is 51.1 Å². The lowest BCUT2D eigenvalue weighted by molar-refractivity contribution is -0.780. The van der Waals surface area contributed by atoms with Gasteiger partial charge in [0, 0.05) is 13.8 Å². The van der Waals surface area contributed by atoms with Gasteiger partial charge in [0.25, 0.3) is 0 Å². The molecule has 0 aliphatic carbocycles. The summed E-state index contributed by atoms with van der Waals surface area (Å²) >= 11 is 0. The van der Waals surface area contributed by atoms with Gasteiger partial charge in [-0.2, -0.15) is 0 Å². The van der Waals surface area contributed by atoms with Crippen LogP contribution in [0.15, 0.2) is 39.8 Å². The van der Waals surface area contributed by atoms with Crippen molar-refractivity contribution in [3.8, 4) is 0 Å². The number of esters is 1. The number of ketones is 1. The number of hydrogen-bond acceptors (Lipinski definition) is 7. The summed E-state index contributed by atoms with van der Waals surface area (Å²) in [6.45, 7) is 5.12. The Morgan fingerprint density at radius 2 is 2.00 bits per heavy atom. The van der Waals surface area contributed by atoms with Crippen LogP contribution < -0.4 is 9.79 Å². The number of carbonyl (C=O) groups excluding carboxylic acids is 2. The summed E-state index contributed by atoms with van der Waals surface area (Å²) in [6.07, 6.45) is 0. The quantitative estimate of drug-likeness (QED) is 0.193. The molecule has 8 heteroatoms. The first kappa shape index (κ1) is 17.3. The highest BCUT2D eigenvalue weighted by molar-refractivity contribution is 6.40. The molecule has 0 amide bonds. The van der Waals surface area contributed by atoms with Crippen LogP contribution in [0.2, 0.25) is 0 Å². The Morgan fingerprint density at radius 1 is 1.33 bits per heavy atom. The lowest BCUT2D eigenvalue weighted by Gasteiger charge is -2.08. The van der Waals surface area contributed by atoms with Crippen LogP contribution >= 0.6 is 0 Å². The zero-order chi connectivity index (χ0) is 17.7. The number of ether oxygens (including phenoxy) is 1. The molecule has 0 saturated heterocycles. The first-order valence-electron chi connectivity index (χ1n) is 7.39. The monoisotopic (exact) mass is 331 g/mol. The van der Waals surface area contributed by atoms with E-state index >= 15 is 0 Å². The van der Waals surface area contributed by atoms with E-state index in [9.17, 15) is 14.7 Å². The fourth-order valence-corrected chi connectivity index (χ4v) is 1.92. The van der Waals surface area contributed by atoms with Crippen molar-refractivity contribution < 1.29 is 28.6 Å². The lowest BCUT2D eigenvalue weighted by atomic mass is 10.2. The molecule has 2 rings (SSSR count). The molecule has 0 bridgehead atoms. The van der Waals surface area contributed by atoms with E-state index in [1.807, 2.05) is 0 Å². The van der Waals surface area contributed by atoms with Crippen LogP contribution in [0.25, 0.3) is 0 Å². The maximum absolute atomic E-state index is 12.3. The Labute approximate surface area is 138 Å². The predicted molar refractivity (Wildman–Crippen MR) is 80.7 cm³/mol. The van der Waals surface area contributed by atoms with E-state index < -0.39 is 17.7 Å². The molecule has 0 spiro atoms. The largest absolute Gasteiger partial charge is 0.858 e. The molecule has 8 nitrogen and oxygen atoms in total. The highest BCUT2D eigenvalue weighted by Crippen LogP contribution is 2.18. The SMILES string of the molecule is CCOC(=O)C(=O)c1c(/N=C(/[O-])c2ccccc2)on[n+]1C(C)C. The van der Waals surface area contributed by atoms with E-state index in [4.69, 9.17) is 9.26 Å². The zero-order valence-corrected chi connectivity index (χ0v) is 13.6. The van der Waals surface area contributed by atoms with Crippen LogP contribution in [-0.4, -0.2) is 29.5 Å². The summed E-state index contributed by atoms with van der Waals surface area (Å²) in [6, 6.07) is 7.99. The van der Waals surface area contributed by atoms with Crippen molar-refractivity contribution >= 4 is 23.5 Å². The molecule has 0 aliphatic rings. The standard InChI is InChI=1S/C16H17N3O5/c1-4-23-16(22)13(20)12-15(24-18-19(12)10(2)3)17-14(21)11-8-6-5-7-9-11/h5-10H,4H2,1-3H3. The van der Waals surface area contributed by atoms with Gasteiger partial charge in [0.15, 0.2) is 6.04 Å². The third-order valence-electron chi connectivity index (χ3n) is 3.04. The molecule has 24 heavy (non-hydrogen) atoms. The molecule has 0 unspecified atom stereocenters. The van der Waals surface area contributed by atoms with Crippen molar-refractivity contribution in [2.45, 2.75) is 26.8 Å². The molecule has 0 radical (unpaired) electrons. The molecule has 0 atom stereocenters. The van der Waals surface area contributed by atoms with Crippen molar-refractivity contribution in [2.24, 2.45) is 4.99 Å². The summed E-state index contributed by atoms with van der Waals surface area (Å²) < 4.78 is 10.9. The van der Waals surface area contributed by atoms with Gasteiger partial charge in [0.05, 0.1) is 6.61 Å². The van der Waals surface area contributed by atoms with Crippen molar-refractivity contribution in [1.29, 1.82) is 0 Å². The number of rotatable bonds is 6. The molecule has 2 aromatic rings. The summed E-state index contributed by atoms with van der Waals surface area (Å²) in [4.78, 5) is 27.8. The van der Waals surface area contributed by atoms with E-state index in [0.717, 1.165) is 0 Å². The highest BCUT2D eigenvalue weighted by atomic mass is 16.5. The number of aromatic nitrogens is 2. The van der Waals surface area contributed by atoms with Crippen LogP contribution in [-0.2, 0) is 9.53 Å². The fraction of sp³-hybridized carbons (Fsp3) is 0.312. The van der Waals surface area contributed by atoms with Crippen LogP contribution in [0.1, 0.15) is 42.9 Å². The van der Waals surface area contributed by atoms with Gasteiger partial charge in [0.2, 0.25) is 5.27 Å². The maximum Gasteiger partial charge on any atom is 0.386 e. The second kappa shape index (κ2) is 7.49. The second-order valence-electron chi connectivity index (χ2n) is 5.10. The first-order valence-corrected chi connectivity index (χ1v) is 7.39. The maximum atomic E-state index is 12.3. The van der Waals surface area contributed by atoms with Gasteiger partial charge in [-0.25, -0.2) is 9.79 Å². The van der Waals surface area contributed by atoms with Gasteiger partial charge < -0.3 is 9.84 Å². The number of benzene rings is 1. The summed E-state index contributed by atoms with van der Waals surface area (Å²) in [5.74, 6) is -2.96. The molecule has 0 N–H and O–H groups in total. The van der Waals surface area contributed by atoms with Crippen molar-refractivity contribution in [3.05, 3.63) is 41.6 Å². The highest BCUT2D eigenvalue weighted by Gasteiger charge is 2.38. The van der Waals surface area contributed by atoms with Crippen molar-refractivity contribution in [2.75, 3.05) is 6.61 Å². The van der Waals surface area contributed by atoms with Crippen LogP contribution in [0.5, 0.6) is 0 Å². The third-order valence-corrected chi connectivity index (χ3v) is 3.04. The minimum absolute atomic E-state index is 0.0486. The Bertz CT molecular complexity index is 765. The van der Waals surface area contributed by atoms with Gasteiger partial charge in [-0.05, 0) is 23.1 Å². The Kier molecular flexibility index (Phi) is 5.41. The number of nitrogens with zero attached hydrogens (tertiary/aromatic N) is 3. The molecule has 1 heterocycles. The van der Waals surface area contributed by atoms with Gasteiger partial charge in [-0.3, -0.25) is 9.32 Å². The van der Waals surface area contributed by atoms with E-state index in [-0.39, 0.29) is 24.2 Å². The number of Topliss-reactive ketones (excluding diaryl/α,β-unsaturated/α-hetero) is 1. The number of aliphatic imine (C=N–C) groups is 1. The van der Waals surface area contributed by atoms with Crippen molar-refractivity contribution in [3.63, 3.8) is 0 Å². The minimum Gasteiger partial charge on any atom is -0.858 e. The summed E-state index contributed by atoms with van der Waals surface area (Å²) in [5.41, 5.74) is 0.104. The molecule has 0 fully saturated rings. The van der Waals surface area contributed by atoms with Crippen LogP contribution in [0, 0.1) is 0 Å². The molecule has 0 aliphatic heterocycles. The van der Waals surface area contributed by atoms with Crippen LogP contribution in [0.4, 0.5) is 5.88 Å². The Hall–Kier alpha value is -3.03. The van der Waals surface area contributed by atoms with Gasteiger partial charge in [-0.1, -0.05) is 30.3 Å². The molecule has 0 saturated carbocycles. The summed E-state index contributed by atoms with van der Waals surface area (Å²) in [7, 11) is 0. The predicted octanol–water partition coefficient (Wildman–Crippen LogP) is 0.727. The topological polar surface area (TPSA) is 109 Å². The minimum atomic E-state index is -1.06. The average Bonchev–Trinajstić information content (AvgIpc) is 2.98.